The summed E-state index contributed by atoms with van der Waals surface area (Å²) in [5.41, 5.74) is 3.25. The van der Waals surface area contributed by atoms with Gasteiger partial charge in [0.15, 0.2) is 17.5 Å². The van der Waals surface area contributed by atoms with E-state index in [0.717, 1.165) is 11.1 Å². The van der Waals surface area contributed by atoms with E-state index in [-0.39, 0.29) is 24.2 Å². The van der Waals surface area contributed by atoms with Gasteiger partial charge in [0.05, 0.1) is 24.2 Å². The molecule has 3 heterocycles. The van der Waals surface area contributed by atoms with Gasteiger partial charge in [-0.1, -0.05) is 30.3 Å². The number of ether oxygens (including phenoxy) is 1. The SMILES string of the molecule is O=C(Nc1nc(-c2ccc3c(c2)N(Cc2ccccc2)C(=O)CO3)cs1)c1ccco1. The van der Waals surface area contributed by atoms with E-state index in [1.807, 2.05) is 53.9 Å². The minimum absolute atomic E-state index is 0.0127. The molecule has 0 atom stereocenters. The van der Waals surface area contributed by atoms with Crippen molar-refractivity contribution in [2.24, 2.45) is 0 Å². The van der Waals surface area contributed by atoms with Crippen LogP contribution < -0.4 is 15.0 Å². The molecule has 0 aliphatic carbocycles. The lowest BCUT2D eigenvalue weighted by Gasteiger charge is -2.29. The number of benzene rings is 2. The number of hydrogen-bond donors (Lipinski definition) is 1. The predicted octanol–water partition coefficient (Wildman–Crippen LogP) is 4.58. The minimum Gasteiger partial charge on any atom is -0.482 e. The Morgan fingerprint density at radius 2 is 2.00 bits per heavy atom. The molecule has 5 rings (SSSR count). The Kier molecular flexibility index (Phi) is 4.97. The van der Waals surface area contributed by atoms with Gasteiger partial charge in [-0.2, -0.15) is 0 Å². The highest BCUT2D eigenvalue weighted by atomic mass is 32.1. The topological polar surface area (TPSA) is 84.7 Å². The molecule has 0 unspecified atom stereocenters. The van der Waals surface area contributed by atoms with E-state index in [1.165, 1.54) is 17.6 Å². The first-order valence-corrected chi connectivity index (χ1v) is 10.5. The molecule has 1 aliphatic heterocycles. The fourth-order valence-electron chi connectivity index (χ4n) is 3.33. The molecule has 0 fully saturated rings. The van der Waals surface area contributed by atoms with Gasteiger partial charge in [-0.05, 0) is 35.9 Å². The molecule has 2 aromatic heterocycles. The zero-order chi connectivity index (χ0) is 21.2. The number of thiazole rings is 1. The second-order valence-electron chi connectivity index (χ2n) is 6.91. The Bertz CT molecular complexity index is 1230. The van der Waals surface area contributed by atoms with Crippen molar-refractivity contribution < 1.29 is 18.7 Å². The van der Waals surface area contributed by atoms with Crippen LogP contribution >= 0.6 is 11.3 Å². The van der Waals surface area contributed by atoms with Crippen molar-refractivity contribution >= 4 is 34.0 Å². The van der Waals surface area contributed by atoms with E-state index in [4.69, 9.17) is 9.15 Å². The van der Waals surface area contributed by atoms with Gasteiger partial charge >= 0.3 is 0 Å². The van der Waals surface area contributed by atoms with E-state index < -0.39 is 0 Å². The number of carbonyl (C=O) groups excluding carboxylic acids is 2. The van der Waals surface area contributed by atoms with Crippen LogP contribution in [0.15, 0.2) is 76.7 Å². The predicted molar refractivity (Wildman–Crippen MR) is 117 cm³/mol. The summed E-state index contributed by atoms with van der Waals surface area (Å²) in [6.45, 7) is 0.472. The number of rotatable bonds is 5. The number of furan rings is 1. The summed E-state index contributed by atoms with van der Waals surface area (Å²) in [4.78, 5) is 31.0. The average Bonchev–Trinajstić information content (AvgIpc) is 3.49. The van der Waals surface area contributed by atoms with Crippen molar-refractivity contribution in [1.29, 1.82) is 0 Å². The Morgan fingerprint density at radius 1 is 1.13 bits per heavy atom. The van der Waals surface area contributed by atoms with Crippen molar-refractivity contribution in [2.75, 3.05) is 16.8 Å². The van der Waals surface area contributed by atoms with Crippen molar-refractivity contribution in [3.05, 3.63) is 83.6 Å². The quantitative estimate of drug-likeness (QED) is 0.500. The van der Waals surface area contributed by atoms with Crippen LogP contribution in [0.3, 0.4) is 0 Å². The molecule has 31 heavy (non-hydrogen) atoms. The molecule has 4 aromatic rings. The molecular weight excluding hydrogens is 414 g/mol. The first-order chi connectivity index (χ1) is 15.2. The van der Waals surface area contributed by atoms with Crippen LogP contribution in [-0.4, -0.2) is 23.4 Å². The third-order valence-electron chi connectivity index (χ3n) is 4.85. The number of fused-ring (bicyclic) bond motifs is 1. The zero-order valence-electron chi connectivity index (χ0n) is 16.3. The van der Waals surface area contributed by atoms with Crippen molar-refractivity contribution in [1.82, 2.24) is 4.98 Å². The van der Waals surface area contributed by atoms with Gasteiger partial charge in [-0.15, -0.1) is 11.3 Å². The van der Waals surface area contributed by atoms with Crippen molar-refractivity contribution in [3.8, 4) is 17.0 Å². The molecule has 0 radical (unpaired) electrons. The Morgan fingerprint density at radius 3 is 2.81 bits per heavy atom. The van der Waals surface area contributed by atoms with E-state index in [1.54, 1.807) is 17.0 Å². The largest absolute Gasteiger partial charge is 0.482 e. The third kappa shape index (κ3) is 3.93. The summed E-state index contributed by atoms with van der Waals surface area (Å²) in [5, 5.41) is 5.05. The molecule has 0 saturated heterocycles. The van der Waals surface area contributed by atoms with Gasteiger partial charge in [0.2, 0.25) is 0 Å². The van der Waals surface area contributed by atoms with Gasteiger partial charge in [0.1, 0.15) is 5.75 Å². The average molecular weight is 431 g/mol. The van der Waals surface area contributed by atoms with Gasteiger partial charge in [0, 0.05) is 10.9 Å². The first kappa shape index (κ1) is 19.1. The lowest BCUT2D eigenvalue weighted by molar-refractivity contribution is -0.121. The molecule has 1 aliphatic rings. The van der Waals surface area contributed by atoms with Crippen LogP contribution in [0.25, 0.3) is 11.3 Å². The highest BCUT2D eigenvalue weighted by molar-refractivity contribution is 7.14. The molecule has 0 bridgehead atoms. The number of carbonyl (C=O) groups is 2. The fourth-order valence-corrected chi connectivity index (χ4v) is 4.05. The van der Waals surface area contributed by atoms with Crippen molar-refractivity contribution in [3.63, 3.8) is 0 Å². The Labute approximate surface area is 181 Å². The van der Waals surface area contributed by atoms with Crippen LogP contribution in [0.4, 0.5) is 10.8 Å². The normalized spacial score (nSPS) is 12.9. The van der Waals surface area contributed by atoms with E-state index in [2.05, 4.69) is 10.3 Å². The highest BCUT2D eigenvalue weighted by Crippen LogP contribution is 2.37. The lowest BCUT2D eigenvalue weighted by Crippen LogP contribution is -2.38. The maximum absolute atomic E-state index is 12.6. The summed E-state index contributed by atoms with van der Waals surface area (Å²) in [5.74, 6) is 0.418. The summed E-state index contributed by atoms with van der Waals surface area (Å²) in [7, 11) is 0. The molecule has 8 heteroatoms. The Hall–Kier alpha value is -3.91. The fraction of sp³-hybridized carbons (Fsp3) is 0.0870. The zero-order valence-corrected chi connectivity index (χ0v) is 17.1. The number of nitrogens with one attached hydrogen (secondary N) is 1. The number of anilines is 2. The molecule has 154 valence electrons. The van der Waals surface area contributed by atoms with Crippen LogP contribution in [0.1, 0.15) is 16.1 Å². The van der Waals surface area contributed by atoms with Crippen LogP contribution in [-0.2, 0) is 11.3 Å². The summed E-state index contributed by atoms with van der Waals surface area (Å²) in [6, 6.07) is 18.7. The number of hydrogen-bond acceptors (Lipinski definition) is 6. The van der Waals surface area contributed by atoms with Crippen LogP contribution in [0, 0.1) is 0 Å². The molecule has 7 nitrogen and oxygen atoms in total. The molecule has 1 N–H and O–H groups in total. The molecule has 2 aromatic carbocycles. The minimum atomic E-state index is -0.357. The molecule has 2 amide bonds. The summed E-state index contributed by atoms with van der Waals surface area (Å²) in [6.07, 6.45) is 1.44. The first-order valence-electron chi connectivity index (χ1n) is 9.59. The smallest absolute Gasteiger partial charge is 0.293 e. The third-order valence-corrected chi connectivity index (χ3v) is 5.61. The maximum Gasteiger partial charge on any atom is 0.293 e. The number of nitrogens with zero attached hydrogens (tertiary/aromatic N) is 2. The van der Waals surface area contributed by atoms with Gasteiger partial charge < -0.3 is 14.1 Å². The monoisotopic (exact) mass is 431 g/mol. The van der Waals surface area contributed by atoms with Gasteiger partial charge in [0.25, 0.3) is 11.8 Å². The standard InChI is InChI=1S/C23H17N3O4S/c27-21-13-30-19-9-8-16(11-18(19)26(21)12-15-5-2-1-3-6-15)17-14-31-23(24-17)25-22(28)20-7-4-10-29-20/h1-11,14H,12-13H2,(H,24,25,28). The summed E-state index contributed by atoms with van der Waals surface area (Å²) >= 11 is 1.31. The molecular formula is C23H17N3O4S. The van der Waals surface area contributed by atoms with E-state index in [0.29, 0.717) is 28.8 Å². The van der Waals surface area contributed by atoms with Gasteiger partial charge in [-0.25, -0.2) is 4.98 Å². The van der Waals surface area contributed by atoms with E-state index >= 15 is 0 Å². The highest BCUT2D eigenvalue weighted by Gasteiger charge is 2.26. The maximum atomic E-state index is 12.6. The number of aromatic nitrogens is 1. The summed E-state index contributed by atoms with van der Waals surface area (Å²) < 4.78 is 10.7. The molecule has 0 saturated carbocycles. The van der Waals surface area contributed by atoms with Crippen LogP contribution in [0.5, 0.6) is 5.75 Å². The van der Waals surface area contributed by atoms with E-state index in [9.17, 15) is 9.59 Å². The lowest BCUT2D eigenvalue weighted by atomic mass is 10.1. The van der Waals surface area contributed by atoms with Crippen LogP contribution in [0.2, 0.25) is 0 Å². The molecule has 0 spiro atoms. The second-order valence-corrected chi connectivity index (χ2v) is 7.76. The number of amides is 2. The Balaban J connectivity index is 1.41. The second kappa shape index (κ2) is 8.08. The van der Waals surface area contributed by atoms with Gasteiger partial charge in [-0.3, -0.25) is 14.9 Å². The van der Waals surface area contributed by atoms with Crippen molar-refractivity contribution in [2.45, 2.75) is 6.54 Å².